The summed E-state index contributed by atoms with van der Waals surface area (Å²) in [6.45, 7) is 4.93. The first-order chi connectivity index (χ1) is 10.0. The van der Waals surface area contributed by atoms with E-state index < -0.39 is 0 Å². The van der Waals surface area contributed by atoms with Crippen LogP contribution in [0.3, 0.4) is 0 Å². The zero-order valence-electron chi connectivity index (χ0n) is 12.1. The van der Waals surface area contributed by atoms with Crippen molar-refractivity contribution in [1.82, 2.24) is 5.32 Å². The molecule has 0 fully saturated rings. The zero-order valence-corrected chi connectivity index (χ0v) is 15.0. The maximum Gasteiger partial charge on any atom is 0.123 e. The average Bonchev–Trinajstić information content (AvgIpc) is 2.45. The Labute approximate surface area is 144 Å². The smallest absolute Gasteiger partial charge is 0.123 e. The van der Waals surface area contributed by atoms with Gasteiger partial charge in [-0.3, -0.25) is 0 Å². The van der Waals surface area contributed by atoms with Gasteiger partial charge >= 0.3 is 0 Å². The summed E-state index contributed by atoms with van der Waals surface area (Å²) >= 11 is 8.44. The summed E-state index contributed by atoms with van der Waals surface area (Å²) in [5.41, 5.74) is 3.26. The summed E-state index contributed by atoms with van der Waals surface area (Å²) in [4.78, 5) is 0. The molecule has 0 amide bonds. The van der Waals surface area contributed by atoms with Gasteiger partial charge < -0.3 is 5.32 Å². The van der Waals surface area contributed by atoms with Gasteiger partial charge in [0.2, 0.25) is 0 Å². The number of likely N-dealkylation sites (N-methyl/N-ethyl adjacent to an activating group) is 1. The molecular weight excluding hydrogens is 400 g/mol. The quantitative estimate of drug-likeness (QED) is 0.652. The molecule has 0 aromatic heterocycles. The minimum absolute atomic E-state index is 0.130. The minimum Gasteiger partial charge on any atom is -0.310 e. The molecule has 0 radical (unpaired) electrons. The average molecular weight is 418 g/mol. The Hall–Kier alpha value is -0.650. The molecule has 21 heavy (non-hydrogen) atoms. The van der Waals surface area contributed by atoms with Crippen molar-refractivity contribution in [3.8, 4) is 0 Å². The van der Waals surface area contributed by atoms with Crippen LogP contribution in [0.2, 0.25) is 5.02 Å². The van der Waals surface area contributed by atoms with E-state index in [9.17, 15) is 4.39 Å². The molecule has 1 nitrogen and oxygen atoms in total. The van der Waals surface area contributed by atoms with Crippen LogP contribution in [0, 0.1) is 16.3 Å². The van der Waals surface area contributed by atoms with Crippen LogP contribution in [0.4, 0.5) is 4.39 Å². The molecule has 2 aromatic rings. The number of nitrogens with one attached hydrogen (secondary N) is 1. The molecule has 112 valence electrons. The van der Waals surface area contributed by atoms with Gasteiger partial charge in [-0.25, -0.2) is 4.39 Å². The van der Waals surface area contributed by atoms with E-state index in [1.54, 1.807) is 6.07 Å². The normalized spacial score (nSPS) is 12.4. The highest BCUT2D eigenvalue weighted by Crippen LogP contribution is 2.26. The molecule has 0 saturated heterocycles. The van der Waals surface area contributed by atoms with Crippen LogP contribution in [-0.4, -0.2) is 6.54 Å². The zero-order chi connectivity index (χ0) is 15.4. The summed E-state index contributed by atoms with van der Waals surface area (Å²) in [5.74, 6) is -0.188. The number of halogens is 3. The molecule has 0 heterocycles. The highest BCUT2D eigenvalue weighted by Gasteiger charge is 2.14. The third kappa shape index (κ3) is 4.41. The lowest BCUT2D eigenvalue weighted by Crippen LogP contribution is -2.23. The predicted octanol–water partition coefficient (Wildman–Crippen LogP) is 5.29. The van der Waals surface area contributed by atoms with Crippen molar-refractivity contribution in [2.75, 3.05) is 6.54 Å². The van der Waals surface area contributed by atoms with E-state index in [1.165, 1.54) is 6.07 Å². The summed E-state index contributed by atoms with van der Waals surface area (Å²) in [7, 11) is 0. The fraction of sp³-hybridized carbons (Fsp3) is 0.294. The van der Waals surface area contributed by atoms with Gasteiger partial charge in [-0.2, -0.15) is 0 Å². The summed E-state index contributed by atoms with van der Waals surface area (Å²) < 4.78 is 14.5. The second-order valence-corrected chi connectivity index (χ2v) is 6.63. The van der Waals surface area contributed by atoms with E-state index in [0.29, 0.717) is 0 Å². The Bertz CT molecular complexity index is 630. The van der Waals surface area contributed by atoms with Crippen molar-refractivity contribution in [1.29, 1.82) is 0 Å². The van der Waals surface area contributed by atoms with Crippen molar-refractivity contribution >= 4 is 34.2 Å². The number of rotatable bonds is 5. The number of hydrogen-bond acceptors (Lipinski definition) is 1. The number of hydrogen-bond donors (Lipinski definition) is 1. The third-order valence-electron chi connectivity index (χ3n) is 3.53. The van der Waals surface area contributed by atoms with Crippen molar-refractivity contribution < 1.29 is 4.39 Å². The van der Waals surface area contributed by atoms with Crippen LogP contribution in [0.1, 0.15) is 29.7 Å². The molecule has 2 aromatic carbocycles. The molecule has 1 N–H and O–H groups in total. The van der Waals surface area contributed by atoms with E-state index in [0.717, 1.165) is 38.2 Å². The van der Waals surface area contributed by atoms with Crippen LogP contribution in [0.25, 0.3) is 0 Å². The highest BCUT2D eigenvalue weighted by molar-refractivity contribution is 14.1. The van der Waals surface area contributed by atoms with Crippen LogP contribution >= 0.6 is 34.2 Å². The van der Waals surface area contributed by atoms with Gasteiger partial charge in [-0.05, 0) is 83.4 Å². The van der Waals surface area contributed by atoms with Gasteiger partial charge in [0.05, 0.1) is 5.02 Å². The summed E-state index contributed by atoms with van der Waals surface area (Å²) in [5, 5.41) is 4.21. The molecule has 0 aliphatic carbocycles. The Balaban J connectivity index is 2.30. The van der Waals surface area contributed by atoms with E-state index >= 15 is 0 Å². The lowest BCUT2D eigenvalue weighted by molar-refractivity contribution is 0.545. The van der Waals surface area contributed by atoms with Crippen molar-refractivity contribution in [3.05, 3.63) is 67.5 Å². The topological polar surface area (TPSA) is 12.0 Å². The lowest BCUT2D eigenvalue weighted by Gasteiger charge is -2.20. The van der Waals surface area contributed by atoms with Crippen LogP contribution in [0.15, 0.2) is 36.4 Å². The van der Waals surface area contributed by atoms with Gasteiger partial charge in [0.25, 0.3) is 0 Å². The Morgan fingerprint density at radius 3 is 2.67 bits per heavy atom. The van der Waals surface area contributed by atoms with E-state index in [1.807, 2.05) is 25.1 Å². The van der Waals surface area contributed by atoms with Crippen molar-refractivity contribution in [3.63, 3.8) is 0 Å². The molecule has 0 bridgehead atoms. The van der Waals surface area contributed by atoms with Gasteiger partial charge in [-0.1, -0.05) is 30.7 Å². The molecule has 0 aliphatic rings. The van der Waals surface area contributed by atoms with Gasteiger partial charge in [-0.15, -0.1) is 0 Å². The Kier molecular flexibility index (Phi) is 6.02. The standard InChI is InChI=1S/C17H18ClFIN/c1-3-21-17(12-5-7-16(20)15(18)9-12)10-13-8-14(19)6-4-11(13)2/h4-9,17,21H,3,10H2,1-2H3. The third-order valence-corrected chi connectivity index (χ3v) is 5.10. The van der Waals surface area contributed by atoms with Gasteiger partial charge in [0.1, 0.15) is 5.82 Å². The fourth-order valence-corrected chi connectivity index (χ4v) is 2.89. The molecule has 0 spiro atoms. The maximum atomic E-state index is 13.5. The van der Waals surface area contributed by atoms with Gasteiger partial charge in [0.15, 0.2) is 0 Å². The predicted molar refractivity (Wildman–Crippen MR) is 95.4 cm³/mol. The first-order valence-electron chi connectivity index (χ1n) is 6.94. The van der Waals surface area contributed by atoms with E-state index in [-0.39, 0.29) is 11.9 Å². The SMILES string of the molecule is CCNC(Cc1cc(F)ccc1C)c1ccc(I)c(Cl)c1. The second-order valence-electron chi connectivity index (χ2n) is 5.06. The molecule has 1 unspecified atom stereocenters. The molecule has 2 rings (SSSR count). The fourth-order valence-electron chi connectivity index (χ4n) is 2.36. The summed E-state index contributed by atoms with van der Waals surface area (Å²) in [6.07, 6.45) is 0.744. The van der Waals surface area contributed by atoms with Crippen LogP contribution in [-0.2, 0) is 6.42 Å². The molecule has 1 atom stereocenters. The minimum atomic E-state index is -0.188. The molecular formula is C17H18ClFIN. The first kappa shape index (κ1) is 16.7. The Morgan fingerprint density at radius 1 is 1.24 bits per heavy atom. The Morgan fingerprint density at radius 2 is 2.00 bits per heavy atom. The lowest BCUT2D eigenvalue weighted by atomic mass is 9.96. The van der Waals surface area contributed by atoms with Crippen molar-refractivity contribution in [2.24, 2.45) is 0 Å². The van der Waals surface area contributed by atoms with Crippen molar-refractivity contribution in [2.45, 2.75) is 26.3 Å². The van der Waals surface area contributed by atoms with E-state index in [2.05, 4.69) is 40.9 Å². The van der Waals surface area contributed by atoms with Crippen LogP contribution in [0.5, 0.6) is 0 Å². The first-order valence-corrected chi connectivity index (χ1v) is 8.40. The number of aryl methyl sites for hydroxylation is 1. The maximum absolute atomic E-state index is 13.5. The molecule has 0 saturated carbocycles. The largest absolute Gasteiger partial charge is 0.310 e. The highest BCUT2D eigenvalue weighted by atomic mass is 127. The second kappa shape index (κ2) is 7.56. The van der Waals surface area contributed by atoms with Crippen LogP contribution < -0.4 is 5.32 Å². The monoisotopic (exact) mass is 417 g/mol. The molecule has 4 heteroatoms. The molecule has 0 aliphatic heterocycles. The summed E-state index contributed by atoms with van der Waals surface area (Å²) in [6, 6.07) is 11.2. The number of benzene rings is 2. The van der Waals surface area contributed by atoms with Gasteiger partial charge in [0, 0.05) is 9.61 Å². The van der Waals surface area contributed by atoms with E-state index in [4.69, 9.17) is 11.6 Å².